The van der Waals surface area contributed by atoms with Gasteiger partial charge in [0.15, 0.2) is 0 Å². The van der Waals surface area contributed by atoms with Crippen molar-refractivity contribution in [3.63, 3.8) is 0 Å². The van der Waals surface area contributed by atoms with E-state index in [1.54, 1.807) is 12.5 Å². The second-order valence-corrected chi connectivity index (χ2v) is 5.02. The first-order chi connectivity index (χ1) is 8.75. The van der Waals surface area contributed by atoms with E-state index < -0.39 is 6.04 Å². The van der Waals surface area contributed by atoms with E-state index in [0.29, 0.717) is 18.9 Å². The lowest BCUT2D eigenvalue weighted by Crippen LogP contribution is -2.35. The van der Waals surface area contributed by atoms with Crippen molar-refractivity contribution in [2.75, 3.05) is 6.61 Å². The number of carbonyl (C=O) groups excluding carboxylic acids is 1. The quantitative estimate of drug-likeness (QED) is 0.775. The molecule has 1 atom stereocenters. The van der Waals surface area contributed by atoms with Gasteiger partial charge in [-0.3, -0.25) is 4.79 Å². The zero-order chi connectivity index (χ0) is 12.8. The number of aromatic amines is 1. The van der Waals surface area contributed by atoms with Crippen LogP contribution < -0.4 is 5.73 Å². The molecule has 0 amide bonds. The molecular weight excluding hydrogens is 230 g/mol. The lowest BCUT2D eigenvalue weighted by Gasteiger charge is -2.21. The minimum Gasteiger partial charge on any atom is -0.464 e. The molecule has 100 valence electrons. The fourth-order valence-corrected chi connectivity index (χ4v) is 2.38. The summed E-state index contributed by atoms with van der Waals surface area (Å²) in [5.41, 5.74) is 6.66. The summed E-state index contributed by atoms with van der Waals surface area (Å²) in [5, 5.41) is 0. The van der Waals surface area contributed by atoms with Crippen molar-refractivity contribution in [2.45, 2.75) is 44.6 Å². The van der Waals surface area contributed by atoms with Gasteiger partial charge in [0.05, 0.1) is 12.9 Å². The van der Waals surface area contributed by atoms with Gasteiger partial charge < -0.3 is 15.5 Å². The number of hydrogen-bond donors (Lipinski definition) is 2. The number of carbonyl (C=O) groups is 1. The van der Waals surface area contributed by atoms with Crippen molar-refractivity contribution in [3.8, 4) is 0 Å². The van der Waals surface area contributed by atoms with E-state index in [4.69, 9.17) is 10.5 Å². The first-order valence-electron chi connectivity index (χ1n) is 6.65. The minimum absolute atomic E-state index is 0.310. The van der Waals surface area contributed by atoms with Gasteiger partial charge in [-0.1, -0.05) is 19.3 Å². The lowest BCUT2D eigenvalue weighted by atomic mass is 9.90. The number of imidazole rings is 1. The Labute approximate surface area is 107 Å². The molecule has 5 nitrogen and oxygen atoms in total. The summed E-state index contributed by atoms with van der Waals surface area (Å²) in [6.07, 6.45) is 9.86. The normalized spacial score (nSPS) is 18.5. The molecule has 1 fully saturated rings. The second kappa shape index (κ2) is 6.54. The molecule has 0 radical (unpaired) electrons. The monoisotopic (exact) mass is 251 g/mol. The van der Waals surface area contributed by atoms with Crippen LogP contribution in [0.15, 0.2) is 12.5 Å². The van der Waals surface area contributed by atoms with Gasteiger partial charge in [-0.05, 0) is 18.8 Å². The van der Waals surface area contributed by atoms with Crippen molar-refractivity contribution in [3.05, 3.63) is 18.2 Å². The van der Waals surface area contributed by atoms with E-state index in [-0.39, 0.29) is 5.97 Å². The van der Waals surface area contributed by atoms with Gasteiger partial charge in [0.25, 0.3) is 0 Å². The molecule has 1 aromatic heterocycles. The molecule has 1 saturated carbocycles. The number of rotatable bonds is 5. The van der Waals surface area contributed by atoms with Crippen LogP contribution in [0.5, 0.6) is 0 Å². The van der Waals surface area contributed by atoms with Gasteiger partial charge in [-0.2, -0.15) is 0 Å². The third-order valence-electron chi connectivity index (χ3n) is 3.48. The summed E-state index contributed by atoms with van der Waals surface area (Å²) in [6, 6.07) is -0.603. The second-order valence-electron chi connectivity index (χ2n) is 5.02. The molecule has 18 heavy (non-hydrogen) atoms. The lowest BCUT2D eigenvalue weighted by molar-refractivity contribution is -0.146. The average Bonchev–Trinajstić information content (AvgIpc) is 2.90. The highest BCUT2D eigenvalue weighted by Gasteiger charge is 2.19. The van der Waals surface area contributed by atoms with Crippen LogP contribution in [0.3, 0.4) is 0 Å². The Hall–Kier alpha value is -1.36. The van der Waals surface area contributed by atoms with Crippen molar-refractivity contribution < 1.29 is 9.53 Å². The minimum atomic E-state index is -0.603. The summed E-state index contributed by atoms with van der Waals surface area (Å²) in [7, 11) is 0. The Morgan fingerprint density at radius 1 is 1.50 bits per heavy atom. The molecule has 0 unspecified atom stereocenters. The molecular formula is C13H21N3O2. The zero-order valence-corrected chi connectivity index (χ0v) is 10.6. The Kier molecular flexibility index (Phi) is 4.75. The van der Waals surface area contributed by atoms with Crippen LogP contribution in [0.2, 0.25) is 0 Å². The predicted octanol–water partition coefficient (Wildman–Crippen LogP) is 1.40. The summed E-state index contributed by atoms with van der Waals surface area (Å²) in [6.45, 7) is 0.523. The van der Waals surface area contributed by atoms with E-state index in [1.807, 2.05) is 0 Å². The number of ether oxygens (including phenoxy) is 1. The summed E-state index contributed by atoms with van der Waals surface area (Å²) < 4.78 is 5.29. The Balaban J connectivity index is 1.70. The molecule has 2 rings (SSSR count). The zero-order valence-electron chi connectivity index (χ0n) is 10.6. The predicted molar refractivity (Wildman–Crippen MR) is 67.8 cm³/mol. The molecule has 0 spiro atoms. The molecule has 1 aliphatic carbocycles. The fourth-order valence-electron chi connectivity index (χ4n) is 2.38. The van der Waals surface area contributed by atoms with Gasteiger partial charge >= 0.3 is 5.97 Å². The van der Waals surface area contributed by atoms with Crippen molar-refractivity contribution >= 4 is 5.97 Å². The SMILES string of the molecule is N[C@H](Cc1cnc[nH]1)C(=O)OCC1CCCCC1. The van der Waals surface area contributed by atoms with E-state index in [1.165, 1.54) is 32.1 Å². The standard InChI is InChI=1S/C13H21N3O2/c14-12(6-11-7-15-9-16-11)13(17)18-8-10-4-2-1-3-5-10/h7,9-10,12H,1-6,8,14H2,(H,15,16)/t12-/m1/s1. The van der Waals surface area contributed by atoms with Crippen molar-refractivity contribution in [1.29, 1.82) is 0 Å². The van der Waals surface area contributed by atoms with E-state index >= 15 is 0 Å². The Morgan fingerprint density at radius 2 is 2.28 bits per heavy atom. The van der Waals surface area contributed by atoms with Crippen LogP contribution in [-0.2, 0) is 16.0 Å². The molecule has 0 saturated heterocycles. The average molecular weight is 251 g/mol. The molecule has 1 aromatic rings. The van der Waals surface area contributed by atoms with E-state index in [0.717, 1.165) is 5.69 Å². The smallest absolute Gasteiger partial charge is 0.323 e. The number of esters is 1. The number of hydrogen-bond acceptors (Lipinski definition) is 4. The number of aromatic nitrogens is 2. The number of nitrogens with two attached hydrogens (primary N) is 1. The Bertz CT molecular complexity index is 358. The molecule has 1 heterocycles. The first-order valence-corrected chi connectivity index (χ1v) is 6.65. The maximum atomic E-state index is 11.7. The number of H-pyrrole nitrogens is 1. The third-order valence-corrected chi connectivity index (χ3v) is 3.48. The van der Waals surface area contributed by atoms with E-state index in [9.17, 15) is 4.79 Å². The van der Waals surface area contributed by atoms with Gasteiger partial charge in [-0.25, -0.2) is 4.98 Å². The van der Waals surface area contributed by atoms with E-state index in [2.05, 4.69) is 9.97 Å². The van der Waals surface area contributed by atoms with Gasteiger partial charge in [0, 0.05) is 18.3 Å². The molecule has 0 bridgehead atoms. The topological polar surface area (TPSA) is 81.0 Å². The molecule has 0 aliphatic heterocycles. The molecule has 1 aliphatic rings. The Morgan fingerprint density at radius 3 is 2.94 bits per heavy atom. The van der Waals surface area contributed by atoms with Crippen LogP contribution in [0.1, 0.15) is 37.8 Å². The van der Waals surface area contributed by atoms with Gasteiger partial charge in [0.1, 0.15) is 6.04 Å². The van der Waals surface area contributed by atoms with Gasteiger partial charge in [-0.15, -0.1) is 0 Å². The van der Waals surface area contributed by atoms with Crippen LogP contribution in [0.4, 0.5) is 0 Å². The highest BCUT2D eigenvalue weighted by atomic mass is 16.5. The molecule has 5 heteroatoms. The number of nitrogens with one attached hydrogen (secondary N) is 1. The third kappa shape index (κ3) is 3.84. The highest BCUT2D eigenvalue weighted by molar-refractivity contribution is 5.75. The van der Waals surface area contributed by atoms with Crippen molar-refractivity contribution in [2.24, 2.45) is 11.7 Å². The summed E-state index contributed by atoms with van der Waals surface area (Å²) >= 11 is 0. The van der Waals surface area contributed by atoms with Gasteiger partial charge in [0.2, 0.25) is 0 Å². The summed E-state index contributed by atoms with van der Waals surface area (Å²) in [4.78, 5) is 18.6. The molecule has 0 aromatic carbocycles. The molecule has 3 N–H and O–H groups in total. The van der Waals surface area contributed by atoms with Crippen LogP contribution in [0.25, 0.3) is 0 Å². The van der Waals surface area contributed by atoms with Crippen LogP contribution in [-0.4, -0.2) is 28.6 Å². The number of nitrogens with zero attached hydrogens (tertiary/aromatic N) is 1. The fraction of sp³-hybridized carbons (Fsp3) is 0.692. The maximum Gasteiger partial charge on any atom is 0.323 e. The first kappa shape index (κ1) is 13.1. The van der Waals surface area contributed by atoms with Crippen molar-refractivity contribution in [1.82, 2.24) is 9.97 Å². The maximum absolute atomic E-state index is 11.7. The highest BCUT2D eigenvalue weighted by Crippen LogP contribution is 2.23. The largest absolute Gasteiger partial charge is 0.464 e. The summed E-state index contributed by atoms with van der Waals surface area (Å²) in [5.74, 6) is 0.220. The van der Waals surface area contributed by atoms with Crippen LogP contribution in [0, 0.1) is 5.92 Å². The van der Waals surface area contributed by atoms with Crippen LogP contribution >= 0.6 is 0 Å².